The fraction of sp³-hybridized carbons (Fsp3) is 0.545. The minimum Gasteiger partial charge on any atom is -0.487 e. The van der Waals surface area contributed by atoms with E-state index in [4.69, 9.17) is 56.8 Å². The van der Waals surface area contributed by atoms with Crippen LogP contribution in [-0.4, -0.2) is 155 Å². The average molecular weight is 909 g/mol. The molecule has 1 aliphatic heterocycles. The van der Waals surface area contributed by atoms with Crippen LogP contribution in [-0.2, 0) is 37.9 Å². The van der Waals surface area contributed by atoms with Crippen molar-refractivity contribution in [3.8, 4) is 23.0 Å². The van der Waals surface area contributed by atoms with Gasteiger partial charge in [-0.15, -0.1) is 0 Å². The average Bonchev–Trinajstić information content (AvgIpc) is 3.27. The van der Waals surface area contributed by atoms with E-state index in [0.29, 0.717) is 155 Å². The maximum atomic E-state index is 6.09. The molecule has 0 fully saturated rings. The lowest BCUT2D eigenvalue weighted by molar-refractivity contribution is 0.0376. The number of benzene rings is 4. The van der Waals surface area contributed by atoms with Crippen LogP contribution in [0.2, 0.25) is 0 Å². The van der Waals surface area contributed by atoms with E-state index in [1.54, 1.807) is 43.2 Å². The van der Waals surface area contributed by atoms with Crippen molar-refractivity contribution in [1.82, 2.24) is 0 Å². The summed E-state index contributed by atoms with van der Waals surface area (Å²) in [5.41, 5.74) is 0. The normalized spacial score (nSPS) is 19.5. The van der Waals surface area contributed by atoms with E-state index >= 15 is 0 Å². The molecule has 0 aliphatic carbocycles. The van der Waals surface area contributed by atoms with E-state index in [9.17, 15) is 0 Å². The molecule has 1 heterocycles. The Morgan fingerprint density at radius 2 is 0.450 bits per heavy atom. The Hall–Kier alpha value is -2.32. The van der Waals surface area contributed by atoms with Crippen molar-refractivity contribution in [2.24, 2.45) is 0 Å². The number of rotatable bonds is 0. The van der Waals surface area contributed by atoms with Crippen LogP contribution in [0.3, 0.4) is 0 Å². The SMILES string of the molecule is c1ccc2cc3c(cc2c1)OCCOCCOCCSSCCOCCOCCOc1cc2ccccc2cc1OCCOCCOCCSSCCOCCOCCO3. The predicted octanol–water partition coefficient (Wildman–Crippen LogP) is 8.12. The summed E-state index contributed by atoms with van der Waals surface area (Å²) in [4.78, 5) is 0. The second-order valence-corrected chi connectivity index (χ2v) is 18.3. The van der Waals surface area contributed by atoms with Gasteiger partial charge in [0.25, 0.3) is 0 Å². The maximum Gasteiger partial charge on any atom is 0.161 e. The van der Waals surface area contributed by atoms with E-state index in [-0.39, 0.29) is 0 Å². The molecule has 16 heteroatoms. The summed E-state index contributed by atoms with van der Waals surface area (Å²) >= 11 is 0. The molecule has 0 bridgehead atoms. The zero-order valence-corrected chi connectivity index (χ0v) is 37.7. The molecule has 4 aromatic carbocycles. The smallest absolute Gasteiger partial charge is 0.161 e. The summed E-state index contributed by atoms with van der Waals surface area (Å²) in [5, 5.41) is 4.34. The highest BCUT2D eigenvalue weighted by Crippen LogP contribution is 2.34. The summed E-state index contributed by atoms with van der Waals surface area (Å²) in [6.07, 6.45) is 0. The van der Waals surface area contributed by atoms with Crippen molar-refractivity contribution in [1.29, 1.82) is 0 Å². The minimum absolute atomic E-state index is 0.403. The van der Waals surface area contributed by atoms with Crippen molar-refractivity contribution in [2.75, 3.05) is 155 Å². The van der Waals surface area contributed by atoms with Crippen molar-refractivity contribution >= 4 is 64.7 Å². The third-order valence-corrected chi connectivity index (χ3v) is 13.1. The van der Waals surface area contributed by atoms with Crippen molar-refractivity contribution in [3.05, 3.63) is 72.8 Å². The highest BCUT2D eigenvalue weighted by Gasteiger charge is 2.10. The largest absolute Gasteiger partial charge is 0.487 e. The van der Waals surface area contributed by atoms with Crippen LogP contribution in [0.25, 0.3) is 21.5 Å². The van der Waals surface area contributed by atoms with Gasteiger partial charge in [0, 0.05) is 23.0 Å². The lowest BCUT2D eigenvalue weighted by atomic mass is 10.1. The van der Waals surface area contributed by atoms with Crippen LogP contribution in [0.4, 0.5) is 0 Å². The molecule has 0 saturated carbocycles. The first kappa shape index (κ1) is 48.7. The highest BCUT2D eigenvalue weighted by molar-refractivity contribution is 8.77. The van der Waals surface area contributed by atoms with E-state index in [2.05, 4.69) is 24.3 Å². The van der Waals surface area contributed by atoms with Gasteiger partial charge >= 0.3 is 0 Å². The van der Waals surface area contributed by atoms with Crippen LogP contribution in [0.15, 0.2) is 72.8 Å². The topological polar surface area (TPSA) is 111 Å². The minimum atomic E-state index is 0.403. The second-order valence-electron chi connectivity index (χ2n) is 12.9. The Bertz CT molecular complexity index is 1460. The number of hydrogen-bond donors (Lipinski definition) is 0. The van der Waals surface area contributed by atoms with Crippen molar-refractivity contribution in [2.45, 2.75) is 0 Å². The van der Waals surface area contributed by atoms with Gasteiger partial charge in [0.1, 0.15) is 26.4 Å². The Labute approximate surface area is 370 Å². The number of hydrogen-bond acceptors (Lipinski definition) is 16. The molecule has 0 spiro atoms. The zero-order valence-electron chi connectivity index (χ0n) is 34.4. The van der Waals surface area contributed by atoms with Crippen LogP contribution in [0, 0.1) is 0 Å². The van der Waals surface area contributed by atoms with Gasteiger partial charge in [-0.25, -0.2) is 0 Å². The third-order valence-electron chi connectivity index (χ3n) is 8.46. The molecule has 0 radical (unpaired) electrons. The standard InChI is InChI=1S/C44H60O12S4/c1-2-6-38-34-42-41(33-37(38)5-1)53-21-17-45-9-13-49-25-29-57-59-31-27-51-15-11-47-19-23-55-43-35-39-7-3-4-8-40(39)36-44(43)56-24-20-48-12-16-52-28-32-60-58-30-26-50-14-10-46-18-22-54-42/h1-8,33-36H,9-32H2. The van der Waals surface area contributed by atoms with Gasteiger partial charge in [0.05, 0.1) is 106 Å². The fourth-order valence-electron chi connectivity index (χ4n) is 5.59. The molecule has 4 aromatic rings. The number of fused-ring (bicyclic) bond motifs is 4. The van der Waals surface area contributed by atoms with Gasteiger partial charge in [-0.05, 0) is 45.8 Å². The van der Waals surface area contributed by atoms with Gasteiger partial charge in [-0.3, -0.25) is 0 Å². The summed E-state index contributed by atoms with van der Waals surface area (Å²) < 4.78 is 70.3. The molecule has 5 rings (SSSR count). The third kappa shape index (κ3) is 20.7. The molecule has 1 aliphatic rings. The van der Waals surface area contributed by atoms with Gasteiger partial charge in [-0.1, -0.05) is 91.7 Å². The molecule has 0 atom stereocenters. The fourth-order valence-corrected chi connectivity index (χ4v) is 9.03. The summed E-state index contributed by atoms with van der Waals surface area (Å²) in [5.74, 6) is 6.32. The Morgan fingerprint density at radius 1 is 0.250 bits per heavy atom. The first-order valence-corrected chi connectivity index (χ1v) is 25.5. The van der Waals surface area contributed by atoms with Gasteiger partial charge in [0.2, 0.25) is 0 Å². The first-order valence-electron chi connectivity index (χ1n) is 20.5. The molecule has 0 unspecified atom stereocenters. The molecule has 60 heavy (non-hydrogen) atoms. The Morgan fingerprint density at radius 3 is 0.683 bits per heavy atom. The Balaban J connectivity index is 0.980. The lowest BCUT2D eigenvalue weighted by Gasteiger charge is -2.15. The van der Waals surface area contributed by atoms with Crippen molar-refractivity contribution in [3.63, 3.8) is 0 Å². The van der Waals surface area contributed by atoms with Crippen LogP contribution < -0.4 is 18.9 Å². The molecule has 0 saturated heterocycles. The molecule has 12 nitrogen and oxygen atoms in total. The van der Waals surface area contributed by atoms with Crippen LogP contribution >= 0.6 is 43.2 Å². The van der Waals surface area contributed by atoms with Gasteiger partial charge in [0.15, 0.2) is 23.0 Å². The first-order chi connectivity index (χ1) is 29.9. The van der Waals surface area contributed by atoms with E-state index in [1.807, 2.05) is 48.5 Å². The monoisotopic (exact) mass is 908 g/mol. The molecule has 0 amide bonds. The second kappa shape index (κ2) is 32.4. The molecular formula is C44H60O12S4. The Kier molecular flexibility index (Phi) is 26.3. The van der Waals surface area contributed by atoms with E-state index < -0.39 is 0 Å². The van der Waals surface area contributed by atoms with Gasteiger partial charge in [-0.2, -0.15) is 0 Å². The van der Waals surface area contributed by atoms with Crippen LogP contribution in [0.5, 0.6) is 23.0 Å². The molecular weight excluding hydrogens is 849 g/mol. The molecule has 0 N–H and O–H groups in total. The summed E-state index contributed by atoms with van der Waals surface area (Å²) in [6.45, 7) is 10.2. The maximum absolute atomic E-state index is 6.09. The summed E-state index contributed by atoms with van der Waals surface area (Å²) in [6, 6.07) is 24.3. The van der Waals surface area contributed by atoms with Gasteiger partial charge < -0.3 is 56.8 Å². The number of ether oxygens (including phenoxy) is 12. The molecule has 0 aromatic heterocycles. The quantitative estimate of drug-likeness (QED) is 0.158. The van der Waals surface area contributed by atoms with E-state index in [1.165, 1.54) is 0 Å². The summed E-state index contributed by atoms with van der Waals surface area (Å²) in [7, 11) is 7.11. The zero-order chi connectivity index (χ0) is 41.4. The van der Waals surface area contributed by atoms with Crippen LogP contribution in [0.1, 0.15) is 0 Å². The lowest BCUT2D eigenvalue weighted by Crippen LogP contribution is -2.13. The van der Waals surface area contributed by atoms with E-state index in [0.717, 1.165) is 44.6 Å². The van der Waals surface area contributed by atoms with Crippen molar-refractivity contribution < 1.29 is 56.8 Å². The highest BCUT2D eigenvalue weighted by atomic mass is 33.1. The molecule has 332 valence electrons. The predicted molar refractivity (Wildman–Crippen MR) is 246 cm³/mol.